The molecule has 1 heterocycles. The maximum atomic E-state index is 13.1. The van der Waals surface area contributed by atoms with Crippen LogP contribution in [-0.2, 0) is 4.79 Å². The largest absolute Gasteiger partial charge is 0.478 e. The van der Waals surface area contributed by atoms with Crippen LogP contribution in [0.5, 0.6) is 0 Å². The first-order valence-corrected chi connectivity index (χ1v) is 9.49. The van der Waals surface area contributed by atoms with Crippen molar-refractivity contribution in [1.82, 2.24) is 4.90 Å². The third-order valence-corrected chi connectivity index (χ3v) is 4.83. The summed E-state index contributed by atoms with van der Waals surface area (Å²) in [5, 5.41) is 20.9. The standard InChI is InChI=1S/C22H20N2O7/c1-11(2)7-17(24-19(26)15-5-3-4-6-16(15)20(24)27)18(25)23-14-9-12(21(28)29)8-13(10-14)22(30)31/h3-6,8-11,17H,7H2,1-2H3,(H,23,25)(H,28,29)(H,30,31)/t17-/m0/s1. The molecule has 0 aromatic heterocycles. The Bertz CT molecular complexity index is 1040. The molecule has 0 unspecified atom stereocenters. The molecule has 3 N–H and O–H groups in total. The molecule has 2 aromatic rings. The summed E-state index contributed by atoms with van der Waals surface area (Å²) in [7, 11) is 0. The molecule has 0 saturated heterocycles. The van der Waals surface area contributed by atoms with Crippen molar-refractivity contribution in [3.05, 3.63) is 64.7 Å². The second kappa shape index (κ2) is 8.39. The van der Waals surface area contributed by atoms with Gasteiger partial charge in [0.2, 0.25) is 5.91 Å². The molecule has 160 valence electrons. The van der Waals surface area contributed by atoms with Crippen molar-refractivity contribution in [2.45, 2.75) is 26.3 Å². The van der Waals surface area contributed by atoms with E-state index >= 15 is 0 Å². The van der Waals surface area contributed by atoms with Crippen LogP contribution in [-0.4, -0.2) is 50.8 Å². The zero-order chi connectivity index (χ0) is 22.9. The topological polar surface area (TPSA) is 141 Å². The predicted octanol–water partition coefficient (Wildman–Crippen LogP) is 2.73. The minimum Gasteiger partial charge on any atom is -0.478 e. The number of hydrogen-bond donors (Lipinski definition) is 3. The number of amides is 3. The van der Waals surface area contributed by atoms with Crippen molar-refractivity contribution in [3.63, 3.8) is 0 Å². The predicted molar refractivity (Wildman–Crippen MR) is 109 cm³/mol. The Morgan fingerprint density at radius 1 is 0.903 bits per heavy atom. The fourth-order valence-electron chi connectivity index (χ4n) is 3.44. The first-order chi connectivity index (χ1) is 14.6. The van der Waals surface area contributed by atoms with Crippen LogP contribution in [0.15, 0.2) is 42.5 Å². The van der Waals surface area contributed by atoms with Crippen molar-refractivity contribution in [2.75, 3.05) is 5.32 Å². The van der Waals surface area contributed by atoms with Crippen LogP contribution in [0.2, 0.25) is 0 Å². The average molecular weight is 424 g/mol. The van der Waals surface area contributed by atoms with Gasteiger partial charge in [-0.05, 0) is 42.7 Å². The molecule has 0 fully saturated rings. The van der Waals surface area contributed by atoms with E-state index in [0.717, 1.165) is 23.1 Å². The molecule has 3 rings (SSSR count). The van der Waals surface area contributed by atoms with Gasteiger partial charge in [0.1, 0.15) is 6.04 Å². The number of fused-ring (bicyclic) bond motifs is 1. The Morgan fingerprint density at radius 3 is 1.81 bits per heavy atom. The van der Waals surface area contributed by atoms with Crippen LogP contribution < -0.4 is 5.32 Å². The van der Waals surface area contributed by atoms with Crippen LogP contribution in [0, 0.1) is 5.92 Å². The molecule has 1 aliphatic heterocycles. The first kappa shape index (κ1) is 21.7. The van der Waals surface area contributed by atoms with Crippen LogP contribution >= 0.6 is 0 Å². The van der Waals surface area contributed by atoms with Gasteiger partial charge in [-0.15, -0.1) is 0 Å². The van der Waals surface area contributed by atoms with Crippen LogP contribution in [0.4, 0.5) is 5.69 Å². The highest BCUT2D eigenvalue weighted by Crippen LogP contribution is 2.28. The molecule has 0 aliphatic carbocycles. The SMILES string of the molecule is CC(C)C[C@@H](C(=O)Nc1cc(C(=O)O)cc(C(=O)O)c1)N1C(=O)c2ccccc2C1=O. The second-order valence-electron chi connectivity index (χ2n) is 7.57. The minimum absolute atomic E-state index is 0.0556. The molecule has 3 amide bonds. The Morgan fingerprint density at radius 2 is 1.39 bits per heavy atom. The number of aromatic carboxylic acids is 2. The average Bonchev–Trinajstić information content (AvgIpc) is 2.96. The Balaban J connectivity index is 1.95. The molecule has 0 spiro atoms. The summed E-state index contributed by atoms with van der Waals surface area (Å²) < 4.78 is 0. The molecule has 0 saturated carbocycles. The first-order valence-electron chi connectivity index (χ1n) is 9.49. The number of anilines is 1. The summed E-state index contributed by atoms with van der Waals surface area (Å²) in [6.07, 6.45) is 0.168. The maximum Gasteiger partial charge on any atom is 0.335 e. The van der Waals surface area contributed by atoms with E-state index < -0.39 is 35.7 Å². The van der Waals surface area contributed by atoms with Gasteiger partial charge in [0.25, 0.3) is 11.8 Å². The normalized spacial score (nSPS) is 13.8. The Hall–Kier alpha value is -4.01. The summed E-state index contributed by atoms with van der Waals surface area (Å²) in [6.45, 7) is 3.65. The molecule has 9 nitrogen and oxygen atoms in total. The van der Waals surface area contributed by atoms with E-state index in [9.17, 15) is 34.2 Å². The van der Waals surface area contributed by atoms with E-state index in [1.807, 2.05) is 13.8 Å². The number of nitrogens with zero attached hydrogens (tertiary/aromatic N) is 1. The molecular formula is C22H20N2O7. The summed E-state index contributed by atoms with van der Waals surface area (Å²) in [5.41, 5.74) is -0.300. The lowest BCUT2D eigenvalue weighted by molar-refractivity contribution is -0.120. The molecule has 0 bridgehead atoms. The van der Waals surface area contributed by atoms with Gasteiger partial charge in [-0.1, -0.05) is 26.0 Å². The zero-order valence-electron chi connectivity index (χ0n) is 16.8. The number of hydrogen-bond acceptors (Lipinski definition) is 5. The van der Waals surface area contributed by atoms with E-state index in [2.05, 4.69) is 5.32 Å². The maximum absolute atomic E-state index is 13.1. The number of carboxylic acids is 2. The fraction of sp³-hybridized carbons (Fsp3) is 0.227. The van der Waals surface area contributed by atoms with Gasteiger partial charge < -0.3 is 15.5 Å². The molecule has 9 heteroatoms. The van der Waals surface area contributed by atoms with Gasteiger partial charge in [-0.25, -0.2) is 9.59 Å². The van der Waals surface area contributed by atoms with E-state index in [1.54, 1.807) is 12.1 Å². The molecule has 0 radical (unpaired) electrons. The number of carboxylic acid groups (broad SMARTS) is 2. The highest BCUT2D eigenvalue weighted by Gasteiger charge is 2.42. The van der Waals surface area contributed by atoms with Crippen molar-refractivity contribution < 1.29 is 34.2 Å². The minimum atomic E-state index is -1.36. The third-order valence-electron chi connectivity index (χ3n) is 4.83. The smallest absolute Gasteiger partial charge is 0.335 e. The van der Waals surface area contributed by atoms with Crippen LogP contribution in [0.25, 0.3) is 0 Å². The van der Waals surface area contributed by atoms with Gasteiger partial charge >= 0.3 is 11.9 Å². The van der Waals surface area contributed by atoms with Gasteiger partial charge in [0, 0.05) is 5.69 Å². The molecular weight excluding hydrogens is 404 g/mol. The highest BCUT2D eigenvalue weighted by atomic mass is 16.4. The summed E-state index contributed by atoms with van der Waals surface area (Å²) >= 11 is 0. The lowest BCUT2D eigenvalue weighted by Crippen LogP contribution is -2.48. The monoisotopic (exact) mass is 424 g/mol. The fourth-order valence-corrected chi connectivity index (χ4v) is 3.44. The van der Waals surface area contributed by atoms with Crippen molar-refractivity contribution in [2.24, 2.45) is 5.92 Å². The van der Waals surface area contributed by atoms with E-state index in [1.165, 1.54) is 12.1 Å². The quantitative estimate of drug-likeness (QED) is 0.580. The van der Waals surface area contributed by atoms with E-state index in [-0.39, 0.29) is 40.3 Å². The second-order valence-corrected chi connectivity index (χ2v) is 7.57. The molecule has 1 atom stereocenters. The lowest BCUT2D eigenvalue weighted by Gasteiger charge is -2.27. The molecule has 1 aliphatic rings. The van der Waals surface area contributed by atoms with Gasteiger partial charge in [0.05, 0.1) is 22.3 Å². The lowest BCUT2D eigenvalue weighted by atomic mass is 10.0. The number of benzene rings is 2. The van der Waals surface area contributed by atoms with Gasteiger partial charge in [0.15, 0.2) is 0 Å². The van der Waals surface area contributed by atoms with Gasteiger partial charge in [-0.2, -0.15) is 0 Å². The van der Waals surface area contributed by atoms with Crippen molar-refractivity contribution >= 4 is 35.3 Å². The Kier molecular flexibility index (Phi) is 5.87. The summed E-state index contributed by atoms with van der Waals surface area (Å²) in [6, 6.07) is 8.30. The highest BCUT2D eigenvalue weighted by molar-refractivity contribution is 6.23. The zero-order valence-corrected chi connectivity index (χ0v) is 16.8. The van der Waals surface area contributed by atoms with Crippen LogP contribution in [0.3, 0.4) is 0 Å². The third kappa shape index (κ3) is 4.30. The Labute approximate surface area is 177 Å². The number of carbonyl (C=O) groups is 5. The van der Waals surface area contributed by atoms with Gasteiger partial charge in [-0.3, -0.25) is 19.3 Å². The number of nitrogens with one attached hydrogen (secondary N) is 1. The van der Waals surface area contributed by atoms with Crippen molar-refractivity contribution in [3.8, 4) is 0 Å². The summed E-state index contributed by atoms with van der Waals surface area (Å²) in [5.74, 6) is -4.68. The van der Waals surface area contributed by atoms with E-state index in [0.29, 0.717) is 0 Å². The molecule has 31 heavy (non-hydrogen) atoms. The number of rotatable bonds is 7. The van der Waals surface area contributed by atoms with Crippen LogP contribution in [0.1, 0.15) is 61.7 Å². The van der Waals surface area contributed by atoms with E-state index in [4.69, 9.17) is 0 Å². The molecule has 2 aromatic carbocycles. The van der Waals surface area contributed by atoms with Crippen molar-refractivity contribution in [1.29, 1.82) is 0 Å². The number of imide groups is 1. The summed E-state index contributed by atoms with van der Waals surface area (Å²) in [4.78, 5) is 62.3. The number of carbonyl (C=O) groups excluding carboxylic acids is 3.